The molecule has 0 spiro atoms. The van der Waals surface area contributed by atoms with Crippen molar-refractivity contribution in [2.75, 3.05) is 18.4 Å². The van der Waals surface area contributed by atoms with Crippen LogP contribution in [-0.2, 0) is 0 Å². The zero-order valence-corrected chi connectivity index (χ0v) is 13.3. The van der Waals surface area contributed by atoms with Crippen molar-refractivity contribution in [3.8, 4) is 0 Å². The molecule has 4 nitrogen and oxygen atoms in total. The molecule has 0 bridgehead atoms. The van der Waals surface area contributed by atoms with Crippen molar-refractivity contribution in [3.63, 3.8) is 0 Å². The van der Waals surface area contributed by atoms with Crippen molar-refractivity contribution in [1.82, 2.24) is 9.97 Å². The second-order valence-corrected chi connectivity index (χ2v) is 4.24. The number of nitrogens with one attached hydrogen (secondary N) is 1. The summed E-state index contributed by atoms with van der Waals surface area (Å²) in [7, 11) is 0. The van der Waals surface area contributed by atoms with E-state index >= 15 is 0 Å². The Hall–Kier alpha value is -2.31. The van der Waals surface area contributed by atoms with E-state index in [1.165, 1.54) is 30.6 Å². The minimum Gasteiger partial charge on any atom is -0.367 e. The van der Waals surface area contributed by atoms with E-state index in [2.05, 4.69) is 28.4 Å². The van der Waals surface area contributed by atoms with Crippen molar-refractivity contribution < 1.29 is 8.78 Å². The van der Waals surface area contributed by atoms with Gasteiger partial charge in [-0.15, -0.1) is 13.2 Å². The monoisotopic (exact) mass is 340 g/mol. The third kappa shape index (κ3) is 12.0. The molecule has 2 rings (SSSR count). The van der Waals surface area contributed by atoms with Gasteiger partial charge in [-0.05, 0) is 12.1 Å². The van der Waals surface area contributed by atoms with E-state index < -0.39 is 0 Å². The molecule has 0 unspecified atom stereocenters. The first-order valence-electron chi connectivity index (χ1n) is 6.57. The van der Waals surface area contributed by atoms with E-state index in [-0.39, 0.29) is 16.8 Å². The number of hydrogen-bond acceptors (Lipinski definition) is 4. The Morgan fingerprint density at radius 2 is 1.65 bits per heavy atom. The molecular formula is C16H19ClF2N4. The van der Waals surface area contributed by atoms with Crippen LogP contribution in [-0.4, -0.2) is 23.1 Å². The molecule has 0 fully saturated rings. The topological polar surface area (TPSA) is 63.8 Å². The van der Waals surface area contributed by atoms with E-state index in [4.69, 9.17) is 17.3 Å². The molecule has 0 aliphatic carbocycles. The predicted molar refractivity (Wildman–Crippen MR) is 91.3 cm³/mol. The molecule has 0 aliphatic rings. The number of hydrogen-bond donors (Lipinski definition) is 2. The zero-order valence-electron chi connectivity index (χ0n) is 12.6. The molecule has 3 N–H and O–H groups in total. The zero-order chi connectivity index (χ0) is 17.5. The van der Waals surface area contributed by atoms with Crippen LogP contribution in [0.5, 0.6) is 0 Å². The van der Waals surface area contributed by atoms with Crippen molar-refractivity contribution in [2.45, 2.75) is 0 Å². The Bertz CT molecular complexity index is 577. The van der Waals surface area contributed by atoms with Crippen LogP contribution in [0.3, 0.4) is 0 Å². The summed E-state index contributed by atoms with van der Waals surface area (Å²) >= 11 is 5.29. The maximum absolute atomic E-state index is 12.5. The molecule has 2 aromatic rings. The Kier molecular flexibility index (Phi) is 12.0. The number of nitrogens with zero attached hydrogens (tertiary/aromatic N) is 2. The van der Waals surface area contributed by atoms with Crippen LogP contribution in [0, 0.1) is 11.6 Å². The quantitative estimate of drug-likeness (QED) is 0.656. The van der Waals surface area contributed by atoms with Crippen molar-refractivity contribution in [1.29, 1.82) is 0 Å². The number of anilines is 1. The Morgan fingerprint density at radius 3 is 2.04 bits per heavy atom. The lowest BCUT2D eigenvalue weighted by Crippen LogP contribution is -1.99. The van der Waals surface area contributed by atoms with Gasteiger partial charge in [-0.25, -0.2) is 18.7 Å². The molecule has 0 aromatic carbocycles. The molecule has 124 valence electrons. The predicted octanol–water partition coefficient (Wildman–Crippen LogP) is 3.82. The second kappa shape index (κ2) is 13.4. The molecule has 0 saturated heterocycles. The first-order valence-corrected chi connectivity index (χ1v) is 6.95. The van der Waals surface area contributed by atoms with Gasteiger partial charge in [-0.3, -0.25) is 0 Å². The summed E-state index contributed by atoms with van der Waals surface area (Å²) in [5.41, 5.74) is 4.91. The van der Waals surface area contributed by atoms with Crippen LogP contribution in [0.2, 0.25) is 5.15 Å². The molecule has 0 aliphatic heterocycles. The largest absolute Gasteiger partial charge is 0.367 e. The van der Waals surface area contributed by atoms with Crippen LogP contribution in [0.4, 0.5) is 14.6 Å². The summed E-state index contributed by atoms with van der Waals surface area (Å²) in [6, 6.07) is 5.04. The molecule has 23 heavy (non-hydrogen) atoms. The highest BCUT2D eigenvalue weighted by atomic mass is 35.5. The van der Waals surface area contributed by atoms with E-state index in [0.717, 1.165) is 6.07 Å². The maximum Gasteiger partial charge on any atom is 0.131 e. The molecule has 0 radical (unpaired) electrons. The summed E-state index contributed by atoms with van der Waals surface area (Å²) < 4.78 is 24.5. The smallest absolute Gasteiger partial charge is 0.131 e. The van der Waals surface area contributed by atoms with Crippen LogP contribution >= 0.6 is 11.6 Å². The Morgan fingerprint density at radius 1 is 1.09 bits per heavy atom. The molecule has 2 aromatic heterocycles. The normalized spacial score (nSPS) is 8.70. The fraction of sp³-hybridized carbons (Fsp3) is 0.125. The number of pyridine rings is 2. The molecule has 0 atom stereocenters. The number of aromatic nitrogens is 2. The minimum atomic E-state index is -0.356. The van der Waals surface area contributed by atoms with E-state index in [1.807, 2.05) is 0 Å². The van der Waals surface area contributed by atoms with Crippen LogP contribution in [0.25, 0.3) is 0 Å². The first-order chi connectivity index (χ1) is 11.0. The SMILES string of the molecule is C=CCN.C=CCNc1cc(F)ccn1.Fc1ccnc(Cl)c1. The standard InChI is InChI=1S/C8H9FN2.C5H3ClFN.C3H7N/c1-2-4-10-8-6-7(9)3-5-11-8;6-5-3-4(7)1-2-8-5;1-2-3-4/h2-3,5-6H,1,4H2,(H,10,11);1-3H;2H,1,3-4H2. The third-order valence-electron chi connectivity index (χ3n) is 2.00. The van der Waals surface area contributed by atoms with Gasteiger partial charge in [0.25, 0.3) is 0 Å². The average molecular weight is 341 g/mol. The third-order valence-corrected chi connectivity index (χ3v) is 2.21. The lowest BCUT2D eigenvalue weighted by Gasteiger charge is -1.99. The fourth-order valence-corrected chi connectivity index (χ4v) is 1.22. The number of rotatable bonds is 4. The lowest BCUT2D eigenvalue weighted by atomic mass is 10.4. The highest BCUT2D eigenvalue weighted by Gasteiger charge is 1.92. The number of halogens is 3. The van der Waals surface area contributed by atoms with Gasteiger partial charge >= 0.3 is 0 Å². The van der Waals surface area contributed by atoms with Gasteiger partial charge in [0.2, 0.25) is 0 Å². The van der Waals surface area contributed by atoms with E-state index in [9.17, 15) is 8.78 Å². The van der Waals surface area contributed by atoms with Crippen molar-refractivity contribution in [3.05, 3.63) is 78.8 Å². The highest BCUT2D eigenvalue weighted by molar-refractivity contribution is 6.29. The summed E-state index contributed by atoms with van der Waals surface area (Å²) in [4.78, 5) is 7.44. The Balaban J connectivity index is 0.000000354. The van der Waals surface area contributed by atoms with Gasteiger partial charge in [-0.1, -0.05) is 23.8 Å². The Labute approximate surface area is 139 Å². The first kappa shape index (κ1) is 20.7. The fourth-order valence-electron chi connectivity index (χ4n) is 1.06. The van der Waals surface area contributed by atoms with Crippen molar-refractivity contribution in [2.24, 2.45) is 5.73 Å². The van der Waals surface area contributed by atoms with E-state index in [1.54, 1.807) is 12.2 Å². The van der Waals surface area contributed by atoms with Gasteiger partial charge in [0.15, 0.2) is 0 Å². The highest BCUT2D eigenvalue weighted by Crippen LogP contribution is 2.04. The summed E-state index contributed by atoms with van der Waals surface area (Å²) in [6.45, 7) is 8.05. The average Bonchev–Trinajstić information content (AvgIpc) is 2.53. The van der Waals surface area contributed by atoms with Crippen LogP contribution < -0.4 is 11.1 Å². The number of nitrogens with two attached hydrogens (primary N) is 1. The van der Waals surface area contributed by atoms with Gasteiger partial charge in [0, 0.05) is 37.6 Å². The van der Waals surface area contributed by atoms with Crippen LogP contribution in [0.1, 0.15) is 0 Å². The minimum absolute atomic E-state index is 0.185. The molecular weight excluding hydrogens is 322 g/mol. The van der Waals surface area contributed by atoms with Crippen molar-refractivity contribution >= 4 is 17.4 Å². The van der Waals surface area contributed by atoms with Gasteiger partial charge in [0.05, 0.1) is 0 Å². The molecule has 0 saturated carbocycles. The van der Waals surface area contributed by atoms with E-state index in [0.29, 0.717) is 18.9 Å². The molecule has 0 amide bonds. The summed E-state index contributed by atoms with van der Waals surface area (Å²) in [5.74, 6) is -0.110. The summed E-state index contributed by atoms with van der Waals surface area (Å²) in [5, 5.41) is 3.05. The molecule has 2 heterocycles. The second-order valence-electron chi connectivity index (χ2n) is 3.85. The summed E-state index contributed by atoms with van der Waals surface area (Å²) in [6.07, 6.45) is 6.07. The van der Waals surface area contributed by atoms with Gasteiger partial charge in [-0.2, -0.15) is 0 Å². The maximum atomic E-state index is 12.5. The lowest BCUT2D eigenvalue weighted by molar-refractivity contribution is 0.625. The van der Waals surface area contributed by atoms with Gasteiger partial charge in [0.1, 0.15) is 22.6 Å². The van der Waals surface area contributed by atoms with Gasteiger partial charge < -0.3 is 11.1 Å². The van der Waals surface area contributed by atoms with Crippen LogP contribution in [0.15, 0.2) is 62.0 Å². The molecule has 7 heteroatoms.